The maximum Gasteiger partial charge on any atom is 0.292 e. The first-order valence-corrected chi connectivity index (χ1v) is 3.82. The first-order valence-electron chi connectivity index (χ1n) is 3.82. The molecule has 1 aromatic heterocycles. The van der Waals surface area contributed by atoms with E-state index in [-0.39, 0.29) is 6.01 Å². The maximum absolute atomic E-state index is 12.8. The number of benzene rings is 1. The maximum atomic E-state index is 12.8. The van der Waals surface area contributed by atoms with Crippen LogP contribution in [0.2, 0.25) is 0 Å². The summed E-state index contributed by atoms with van der Waals surface area (Å²) in [4.78, 5) is 3.74. The third kappa shape index (κ3) is 1.56. The van der Waals surface area contributed by atoms with E-state index in [2.05, 4.69) is 4.98 Å². The molecule has 0 saturated carbocycles. The van der Waals surface area contributed by atoms with Crippen LogP contribution in [0.4, 0.5) is 14.8 Å². The highest BCUT2D eigenvalue weighted by Crippen LogP contribution is 2.21. The Labute approximate surface area is 78.2 Å². The van der Waals surface area contributed by atoms with E-state index < -0.39 is 11.6 Å². The lowest BCUT2D eigenvalue weighted by molar-refractivity contribution is 0.580. The van der Waals surface area contributed by atoms with E-state index in [4.69, 9.17) is 10.2 Å². The van der Waals surface area contributed by atoms with Crippen molar-refractivity contribution in [3.63, 3.8) is 0 Å². The lowest BCUT2D eigenvalue weighted by atomic mass is 10.1. The van der Waals surface area contributed by atoms with Crippen LogP contribution in [-0.2, 0) is 0 Å². The molecule has 0 aliphatic heterocycles. The standard InChI is InChI=1S/C9H6F2N2O/c10-6-1-5(2-7(11)3-6)8-4-14-9(12)13-8/h1-4H,(H2,12,13). The number of hydrogen-bond acceptors (Lipinski definition) is 3. The van der Waals surface area contributed by atoms with Crippen molar-refractivity contribution in [3.8, 4) is 11.3 Å². The van der Waals surface area contributed by atoms with Gasteiger partial charge in [-0.3, -0.25) is 0 Å². The summed E-state index contributed by atoms with van der Waals surface area (Å²) in [6.07, 6.45) is 1.24. The summed E-state index contributed by atoms with van der Waals surface area (Å²) in [6, 6.07) is 3.05. The Hall–Kier alpha value is -1.91. The molecule has 3 nitrogen and oxygen atoms in total. The molecule has 2 rings (SSSR count). The number of aromatic nitrogens is 1. The molecule has 0 radical (unpaired) electrons. The van der Waals surface area contributed by atoms with Crippen molar-refractivity contribution >= 4 is 6.01 Å². The fourth-order valence-corrected chi connectivity index (χ4v) is 1.12. The van der Waals surface area contributed by atoms with Gasteiger partial charge in [0.2, 0.25) is 0 Å². The van der Waals surface area contributed by atoms with Crippen molar-refractivity contribution in [3.05, 3.63) is 36.1 Å². The molecular weight excluding hydrogens is 190 g/mol. The van der Waals surface area contributed by atoms with E-state index in [9.17, 15) is 8.78 Å². The van der Waals surface area contributed by atoms with Crippen LogP contribution < -0.4 is 5.73 Å². The average molecular weight is 196 g/mol. The molecule has 0 fully saturated rings. The Balaban J connectivity index is 2.51. The summed E-state index contributed by atoms with van der Waals surface area (Å²) >= 11 is 0. The second kappa shape index (κ2) is 3.10. The number of oxazole rings is 1. The van der Waals surface area contributed by atoms with Crippen LogP contribution in [0.5, 0.6) is 0 Å². The molecule has 0 saturated heterocycles. The van der Waals surface area contributed by atoms with Crippen molar-refractivity contribution in [2.75, 3.05) is 5.73 Å². The van der Waals surface area contributed by atoms with Crippen molar-refractivity contribution < 1.29 is 13.2 Å². The summed E-state index contributed by atoms with van der Waals surface area (Å²) in [7, 11) is 0. The number of hydrogen-bond donors (Lipinski definition) is 1. The lowest BCUT2D eigenvalue weighted by Crippen LogP contribution is -1.86. The molecule has 0 bridgehead atoms. The summed E-state index contributed by atoms with van der Waals surface area (Å²) < 4.78 is 30.3. The molecule has 1 aromatic carbocycles. The predicted molar refractivity (Wildman–Crippen MR) is 46.3 cm³/mol. The highest BCUT2D eigenvalue weighted by molar-refractivity contribution is 5.59. The van der Waals surface area contributed by atoms with E-state index in [1.165, 1.54) is 6.26 Å². The second-order valence-electron chi connectivity index (χ2n) is 2.73. The zero-order chi connectivity index (χ0) is 10.1. The topological polar surface area (TPSA) is 52.0 Å². The van der Waals surface area contributed by atoms with E-state index in [1.54, 1.807) is 0 Å². The minimum Gasteiger partial charge on any atom is -0.432 e. The van der Waals surface area contributed by atoms with Crippen LogP contribution in [0.25, 0.3) is 11.3 Å². The van der Waals surface area contributed by atoms with Gasteiger partial charge in [-0.05, 0) is 12.1 Å². The molecule has 1 heterocycles. The van der Waals surface area contributed by atoms with Gasteiger partial charge in [-0.15, -0.1) is 0 Å². The van der Waals surface area contributed by atoms with Crippen LogP contribution >= 0.6 is 0 Å². The Morgan fingerprint density at radius 1 is 1.14 bits per heavy atom. The quantitative estimate of drug-likeness (QED) is 0.760. The van der Waals surface area contributed by atoms with Gasteiger partial charge in [0.05, 0.1) is 0 Å². The van der Waals surface area contributed by atoms with Gasteiger partial charge in [0.1, 0.15) is 23.6 Å². The Kier molecular flexibility index (Phi) is 1.92. The van der Waals surface area contributed by atoms with E-state index in [0.29, 0.717) is 11.3 Å². The van der Waals surface area contributed by atoms with Gasteiger partial charge in [0, 0.05) is 11.6 Å². The molecular formula is C9H6F2N2O. The molecule has 0 atom stereocenters. The molecule has 0 aliphatic rings. The molecule has 0 spiro atoms. The van der Waals surface area contributed by atoms with Gasteiger partial charge in [0.15, 0.2) is 0 Å². The zero-order valence-electron chi connectivity index (χ0n) is 7.00. The molecule has 14 heavy (non-hydrogen) atoms. The number of nitrogen functional groups attached to an aromatic ring is 1. The van der Waals surface area contributed by atoms with Gasteiger partial charge in [-0.25, -0.2) is 8.78 Å². The van der Waals surface area contributed by atoms with E-state index in [0.717, 1.165) is 18.2 Å². The highest BCUT2D eigenvalue weighted by Gasteiger charge is 2.06. The third-order valence-corrected chi connectivity index (χ3v) is 1.68. The fourth-order valence-electron chi connectivity index (χ4n) is 1.12. The smallest absolute Gasteiger partial charge is 0.292 e. The SMILES string of the molecule is Nc1nc(-c2cc(F)cc(F)c2)co1. The normalized spacial score (nSPS) is 10.4. The number of nitrogens with two attached hydrogens (primary N) is 1. The minimum atomic E-state index is -0.665. The molecule has 0 aliphatic carbocycles. The first kappa shape index (κ1) is 8.68. The van der Waals surface area contributed by atoms with Crippen molar-refractivity contribution in [1.82, 2.24) is 4.98 Å². The molecule has 5 heteroatoms. The van der Waals surface area contributed by atoms with Gasteiger partial charge < -0.3 is 10.2 Å². The van der Waals surface area contributed by atoms with Gasteiger partial charge in [0.25, 0.3) is 6.01 Å². The first-order chi connectivity index (χ1) is 6.65. The number of halogens is 2. The molecule has 2 aromatic rings. The largest absolute Gasteiger partial charge is 0.432 e. The van der Waals surface area contributed by atoms with Crippen LogP contribution in [0.3, 0.4) is 0 Å². The van der Waals surface area contributed by atoms with Crippen LogP contribution in [0.15, 0.2) is 28.9 Å². The van der Waals surface area contributed by atoms with Gasteiger partial charge in [-0.1, -0.05) is 0 Å². The molecule has 0 amide bonds. The van der Waals surface area contributed by atoms with E-state index in [1.807, 2.05) is 0 Å². The summed E-state index contributed by atoms with van der Waals surface area (Å²) in [5.41, 5.74) is 5.83. The van der Waals surface area contributed by atoms with Crippen molar-refractivity contribution in [1.29, 1.82) is 0 Å². The zero-order valence-corrected chi connectivity index (χ0v) is 7.00. The third-order valence-electron chi connectivity index (χ3n) is 1.68. The number of rotatable bonds is 1. The van der Waals surface area contributed by atoms with Crippen molar-refractivity contribution in [2.45, 2.75) is 0 Å². The van der Waals surface area contributed by atoms with Crippen molar-refractivity contribution in [2.24, 2.45) is 0 Å². The predicted octanol–water partition coefficient (Wildman–Crippen LogP) is 2.20. The Bertz CT molecular complexity index is 447. The average Bonchev–Trinajstić information content (AvgIpc) is 2.50. The minimum absolute atomic E-state index is 0.0373. The van der Waals surface area contributed by atoms with Gasteiger partial charge >= 0.3 is 0 Å². The molecule has 2 N–H and O–H groups in total. The Morgan fingerprint density at radius 2 is 1.79 bits per heavy atom. The summed E-state index contributed by atoms with van der Waals surface area (Å²) in [5.74, 6) is -1.33. The summed E-state index contributed by atoms with van der Waals surface area (Å²) in [5, 5.41) is 0. The summed E-state index contributed by atoms with van der Waals surface area (Å²) in [6.45, 7) is 0. The fraction of sp³-hybridized carbons (Fsp3) is 0. The van der Waals surface area contributed by atoms with E-state index >= 15 is 0 Å². The highest BCUT2D eigenvalue weighted by atomic mass is 19.1. The number of anilines is 1. The van der Waals surface area contributed by atoms with Crippen LogP contribution in [-0.4, -0.2) is 4.98 Å². The van der Waals surface area contributed by atoms with Crippen LogP contribution in [0, 0.1) is 11.6 Å². The lowest BCUT2D eigenvalue weighted by Gasteiger charge is -1.96. The monoisotopic (exact) mass is 196 g/mol. The molecule has 72 valence electrons. The Morgan fingerprint density at radius 3 is 2.29 bits per heavy atom. The second-order valence-corrected chi connectivity index (χ2v) is 2.73. The van der Waals surface area contributed by atoms with Gasteiger partial charge in [-0.2, -0.15) is 4.98 Å². The number of nitrogens with zero attached hydrogens (tertiary/aromatic N) is 1. The molecule has 0 unspecified atom stereocenters. The van der Waals surface area contributed by atoms with Crippen LogP contribution in [0.1, 0.15) is 0 Å².